The molecule has 0 spiro atoms. The molecule has 3 aromatic rings. The molecule has 8 nitrogen and oxygen atoms in total. The van der Waals surface area contributed by atoms with E-state index in [1.807, 2.05) is 4.90 Å². The van der Waals surface area contributed by atoms with E-state index in [-0.39, 0.29) is 29.2 Å². The van der Waals surface area contributed by atoms with E-state index in [2.05, 4.69) is 4.99 Å². The lowest BCUT2D eigenvalue weighted by atomic mass is 10.0. The number of carbonyl (C=O) groups excluding carboxylic acids is 2. The van der Waals surface area contributed by atoms with Gasteiger partial charge in [0.05, 0.1) is 29.4 Å². The summed E-state index contributed by atoms with van der Waals surface area (Å²) in [7, 11) is 1.31. The van der Waals surface area contributed by atoms with Crippen LogP contribution in [0.4, 0.5) is 26.3 Å². The summed E-state index contributed by atoms with van der Waals surface area (Å²) >= 11 is 1.17. The van der Waals surface area contributed by atoms with Gasteiger partial charge in [-0.15, -0.1) is 0 Å². The molecule has 0 unspecified atom stereocenters. The molecular formula is C29H23F6N3O5S. The van der Waals surface area contributed by atoms with Gasteiger partial charge in [0.25, 0.3) is 11.8 Å². The fourth-order valence-corrected chi connectivity index (χ4v) is 5.50. The maximum absolute atomic E-state index is 13.5. The number of piperazine rings is 1. The van der Waals surface area contributed by atoms with E-state index in [0.29, 0.717) is 47.9 Å². The second kappa shape index (κ2) is 12.3. The third-order valence-electron chi connectivity index (χ3n) is 6.79. The predicted molar refractivity (Wildman–Crippen MR) is 148 cm³/mol. The first-order valence-electron chi connectivity index (χ1n) is 13.0. The number of carbonyl (C=O) groups is 2. The van der Waals surface area contributed by atoms with E-state index < -0.39 is 41.6 Å². The highest BCUT2D eigenvalue weighted by Gasteiger charge is 2.38. The van der Waals surface area contributed by atoms with Crippen molar-refractivity contribution in [2.24, 2.45) is 4.99 Å². The van der Waals surface area contributed by atoms with Crippen LogP contribution in [0.1, 0.15) is 32.8 Å². The van der Waals surface area contributed by atoms with Crippen LogP contribution in [0.2, 0.25) is 0 Å². The highest BCUT2D eigenvalue weighted by Crippen LogP contribution is 2.39. The molecule has 0 bridgehead atoms. The fraction of sp³-hybridized carbons (Fsp3) is 0.276. The van der Waals surface area contributed by atoms with Gasteiger partial charge in [-0.1, -0.05) is 12.1 Å². The predicted octanol–water partition coefficient (Wildman–Crippen LogP) is 6.33. The molecule has 15 heteroatoms. The van der Waals surface area contributed by atoms with Gasteiger partial charge in [-0.3, -0.25) is 9.59 Å². The number of hydrogen-bond acceptors (Lipinski definition) is 7. The molecule has 5 rings (SSSR count). The largest absolute Gasteiger partial charge is 0.493 e. The van der Waals surface area contributed by atoms with Crippen LogP contribution in [-0.4, -0.2) is 60.1 Å². The molecular weight excluding hydrogens is 616 g/mol. The smallest absolute Gasteiger partial charge is 0.416 e. The highest BCUT2D eigenvalue weighted by atomic mass is 32.2. The number of nitrogens with zero attached hydrogens (tertiary/aromatic N) is 3. The minimum atomic E-state index is -5.03. The van der Waals surface area contributed by atoms with Crippen molar-refractivity contribution in [1.29, 1.82) is 0 Å². The third kappa shape index (κ3) is 6.87. The molecule has 0 aliphatic carbocycles. The summed E-state index contributed by atoms with van der Waals surface area (Å²) in [5.74, 6) is -0.237. The van der Waals surface area contributed by atoms with Crippen molar-refractivity contribution in [1.82, 2.24) is 9.80 Å². The molecule has 0 N–H and O–H groups in total. The monoisotopic (exact) mass is 639 g/mol. The number of aliphatic imine (C=N–C) groups is 1. The average molecular weight is 640 g/mol. The lowest BCUT2D eigenvalue weighted by Gasteiger charge is -2.34. The Morgan fingerprint density at radius 2 is 1.75 bits per heavy atom. The first-order valence-corrected chi connectivity index (χ1v) is 13.8. The Balaban J connectivity index is 1.24. The van der Waals surface area contributed by atoms with Crippen LogP contribution in [0.25, 0.3) is 6.08 Å². The molecule has 1 saturated heterocycles. The van der Waals surface area contributed by atoms with Gasteiger partial charge < -0.3 is 23.7 Å². The van der Waals surface area contributed by atoms with E-state index in [1.165, 1.54) is 37.3 Å². The Labute approximate surface area is 250 Å². The molecule has 2 amide bonds. The molecule has 44 heavy (non-hydrogen) atoms. The van der Waals surface area contributed by atoms with Crippen LogP contribution in [0.5, 0.6) is 11.5 Å². The van der Waals surface area contributed by atoms with E-state index in [9.17, 15) is 35.9 Å². The molecule has 1 fully saturated rings. The summed E-state index contributed by atoms with van der Waals surface area (Å²) in [6.45, 7) is 1.10. The molecule has 0 radical (unpaired) electrons. The molecule has 2 aliphatic heterocycles. The standard InChI is InChI=1S/C29H23F6N3O5S/c1-41-23-13-17(4-7-21(23)43-16-18-5-6-19(28(30,31)32)15-20(18)29(33,34)35)14-24-25(39)36-27(44-24)38-10-8-37(9-11-38)26(40)22-3-2-12-42-22/h2-7,12-15H,8-11,16H2,1H3/b24-14+. The van der Waals surface area contributed by atoms with Crippen molar-refractivity contribution < 1.29 is 49.8 Å². The van der Waals surface area contributed by atoms with Gasteiger partial charge in [0, 0.05) is 31.7 Å². The number of thioether (sulfide) groups is 1. The number of furan rings is 1. The number of halogens is 6. The minimum absolute atomic E-state index is 0.0481. The minimum Gasteiger partial charge on any atom is -0.493 e. The first kappa shape index (κ1) is 31.0. The van der Waals surface area contributed by atoms with Crippen LogP contribution in [0, 0.1) is 0 Å². The number of methoxy groups -OCH3 is 1. The second-order valence-corrected chi connectivity index (χ2v) is 10.6. The molecule has 1 aromatic heterocycles. The van der Waals surface area contributed by atoms with Crippen LogP contribution in [0.15, 0.2) is 69.1 Å². The number of rotatable bonds is 6. The average Bonchev–Trinajstić information content (AvgIpc) is 3.65. The normalized spacial score (nSPS) is 16.8. The van der Waals surface area contributed by atoms with E-state index in [4.69, 9.17) is 13.9 Å². The molecule has 3 heterocycles. The topological polar surface area (TPSA) is 84.6 Å². The number of ether oxygens (including phenoxy) is 2. The lowest BCUT2D eigenvalue weighted by Crippen LogP contribution is -2.49. The van der Waals surface area contributed by atoms with Crippen molar-refractivity contribution in [3.8, 4) is 11.5 Å². The summed E-state index contributed by atoms with van der Waals surface area (Å²) in [6.07, 6.45) is -6.96. The first-order chi connectivity index (χ1) is 20.8. The van der Waals surface area contributed by atoms with E-state index in [0.717, 1.165) is 6.07 Å². The molecule has 0 atom stereocenters. The maximum atomic E-state index is 13.5. The molecule has 2 aliphatic rings. The zero-order valence-electron chi connectivity index (χ0n) is 22.9. The van der Waals surface area contributed by atoms with Gasteiger partial charge in [0.1, 0.15) is 6.61 Å². The van der Waals surface area contributed by atoms with Crippen molar-refractivity contribution in [2.45, 2.75) is 19.0 Å². The van der Waals surface area contributed by atoms with Crippen LogP contribution < -0.4 is 9.47 Å². The fourth-order valence-electron chi connectivity index (χ4n) is 4.53. The van der Waals surface area contributed by atoms with Gasteiger partial charge in [-0.2, -0.15) is 31.3 Å². The summed E-state index contributed by atoms with van der Waals surface area (Å²) in [5, 5.41) is 0.496. The SMILES string of the molecule is COc1cc(/C=C2/SC(N3CCN(C(=O)c4ccco4)CC3)=NC2=O)ccc1OCc1ccc(C(F)(F)F)cc1C(F)(F)F. The van der Waals surface area contributed by atoms with Gasteiger partial charge in [-0.05, 0) is 59.8 Å². The van der Waals surface area contributed by atoms with Crippen molar-refractivity contribution >= 4 is 34.8 Å². The third-order valence-corrected chi connectivity index (χ3v) is 7.83. The zero-order valence-corrected chi connectivity index (χ0v) is 23.7. The number of amidine groups is 1. The van der Waals surface area contributed by atoms with Crippen LogP contribution in [-0.2, 0) is 23.8 Å². The quantitative estimate of drug-likeness (QED) is 0.230. The Morgan fingerprint density at radius 1 is 1.00 bits per heavy atom. The summed E-state index contributed by atoms with van der Waals surface area (Å²) in [4.78, 5) is 33.2. The Morgan fingerprint density at radius 3 is 2.39 bits per heavy atom. The van der Waals surface area contributed by atoms with E-state index >= 15 is 0 Å². The Kier molecular flexibility index (Phi) is 8.68. The van der Waals surface area contributed by atoms with Gasteiger partial charge >= 0.3 is 12.4 Å². The van der Waals surface area contributed by atoms with E-state index in [1.54, 1.807) is 29.2 Å². The summed E-state index contributed by atoms with van der Waals surface area (Å²) in [6, 6.07) is 9.05. The number of hydrogen-bond donors (Lipinski definition) is 0. The summed E-state index contributed by atoms with van der Waals surface area (Å²) in [5.41, 5.74) is -2.84. The van der Waals surface area contributed by atoms with Crippen molar-refractivity contribution in [3.05, 3.63) is 87.7 Å². The second-order valence-electron chi connectivity index (χ2n) is 9.63. The zero-order chi connectivity index (χ0) is 31.6. The van der Waals surface area contributed by atoms with Gasteiger partial charge in [0.15, 0.2) is 22.4 Å². The summed E-state index contributed by atoms with van der Waals surface area (Å²) < 4.78 is 95.4. The Hall–Kier alpha value is -4.40. The number of benzene rings is 2. The Bertz CT molecular complexity index is 1610. The molecule has 0 saturated carbocycles. The van der Waals surface area contributed by atoms with Gasteiger partial charge in [0.2, 0.25) is 0 Å². The highest BCUT2D eigenvalue weighted by molar-refractivity contribution is 8.18. The van der Waals surface area contributed by atoms with Crippen LogP contribution >= 0.6 is 11.8 Å². The lowest BCUT2D eigenvalue weighted by molar-refractivity contribution is -0.143. The van der Waals surface area contributed by atoms with Crippen LogP contribution in [0.3, 0.4) is 0 Å². The number of amides is 2. The van der Waals surface area contributed by atoms with Gasteiger partial charge in [-0.25, -0.2) is 0 Å². The molecule has 2 aromatic carbocycles. The maximum Gasteiger partial charge on any atom is 0.416 e. The molecule has 232 valence electrons. The van der Waals surface area contributed by atoms with Crippen molar-refractivity contribution in [3.63, 3.8) is 0 Å². The van der Waals surface area contributed by atoms with Crippen molar-refractivity contribution in [2.75, 3.05) is 33.3 Å². The number of alkyl halides is 6.